The number of aliphatic hydroxyl groups excluding tert-OH is 2. The SMILES string of the molecule is CCC/C=C\CCCCCCCC/C=C/[C@@H](O)[C@H](COP(=O)([O-])OCC[N+](C)(C)C)NC(=O)CCC/C=C/C=C\C(O)C/C=C\C/C=C\CCCCC. The third-order valence-corrected chi connectivity index (χ3v) is 9.41. The molecule has 1 amide bonds. The highest BCUT2D eigenvalue weighted by atomic mass is 31.2. The van der Waals surface area contributed by atoms with Crippen LogP contribution in [0.2, 0.25) is 0 Å². The Morgan fingerprint density at radius 1 is 0.717 bits per heavy atom. The average molecular weight is 765 g/mol. The van der Waals surface area contributed by atoms with Crippen molar-refractivity contribution in [3.63, 3.8) is 0 Å². The van der Waals surface area contributed by atoms with Crippen LogP contribution in [0.5, 0.6) is 0 Å². The zero-order valence-corrected chi connectivity index (χ0v) is 34.9. The van der Waals surface area contributed by atoms with Crippen molar-refractivity contribution in [1.82, 2.24) is 5.32 Å². The van der Waals surface area contributed by atoms with Gasteiger partial charge < -0.3 is 34.0 Å². The predicted molar refractivity (Wildman–Crippen MR) is 220 cm³/mol. The van der Waals surface area contributed by atoms with Crippen molar-refractivity contribution in [1.29, 1.82) is 0 Å². The molecule has 2 unspecified atom stereocenters. The van der Waals surface area contributed by atoms with Gasteiger partial charge in [-0.25, -0.2) is 0 Å². The minimum absolute atomic E-state index is 0.0321. The highest BCUT2D eigenvalue weighted by Crippen LogP contribution is 2.38. The van der Waals surface area contributed by atoms with Crippen LogP contribution in [0, 0.1) is 0 Å². The molecule has 0 aliphatic carbocycles. The zero-order chi connectivity index (χ0) is 39.5. The molecule has 0 saturated heterocycles. The Morgan fingerprint density at radius 3 is 2.00 bits per heavy atom. The number of nitrogens with one attached hydrogen (secondary N) is 1. The van der Waals surface area contributed by atoms with Crippen molar-refractivity contribution in [3.8, 4) is 0 Å². The molecule has 0 aromatic carbocycles. The van der Waals surface area contributed by atoms with E-state index in [1.54, 1.807) is 18.2 Å². The maximum absolute atomic E-state index is 12.8. The summed E-state index contributed by atoms with van der Waals surface area (Å²) in [5.41, 5.74) is 0. The second-order valence-electron chi connectivity index (χ2n) is 14.8. The maximum atomic E-state index is 12.8. The lowest BCUT2D eigenvalue weighted by Crippen LogP contribution is -2.45. The topological polar surface area (TPSA) is 128 Å². The molecule has 0 aromatic heterocycles. The molecule has 0 rings (SSSR count). The first-order chi connectivity index (χ1) is 25.4. The van der Waals surface area contributed by atoms with Crippen LogP contribution in [0.4, 0.5) is 0 Å². The van der Waals surface area contributed by atoms with E-state index in [4.69, 9.17) is 9.05 Å². The number of amides is 1. The van der Waals surface area contributed by atoms with E-state index >= 15 is 0 Å². The van der Waals surface area contributed by atoms with Gasteiger partial charge in [-0.05, 0) is 70.6 Å². The van der Waals surface area contributed by atoms with Crippen LogP contribution in [0.15, 0.2) is 72.9 Å². The van der Waals surface area contributed by atoms with Gasteiger partial charge in [0.1, 0.15) is 13.2 Å². The van der Waals surface area contributed by atoms with Crippen molar-refractivity contribution in [2.45, 2.75) is 154 Å². The Bertz CT molecular complexity index is 1110. The molecule has 9 nitrogen and oxygen atoms in total. The number of unbranched alkanes of at least 4 members (excludes halogenated alkanes) is 12. The van der Waals surface area contributed by atoms with Crippen molar-refractivity contribution in [2.24, 2.45) is 0 Å². The molecule has 10 heteroatoms. The van der Waals surface area contributed by atoms with Gasteiger partial charge in [0, 0.05) is 6.42 Å². The van der Waals surface area contributed by atoms with Crippen LogP contribution in [-0.2, 0) is 18.4 Å². The van der Waals surface area contributed by atoms with Crippen LogP contribution in [0.25, 0.3) is 0 Å². The monoisotopic (exact) mass is 765 g/mol. The van der Waals surface area contributed by atoms with Gasteiger partial charge in [-0.15, -0.1) is 0 Å². The van der Waals surface area contributed by atoms with Crippen LogP contribution < -0.4 is 10.2 Å². The van der Waals surface area contributed by atoms with Gasteiger partial charge in [0.15, 0.2) is 0 Å². The molecule has 0 spiro atoms. The second-order valence-corrected chi connectivity index (χ2v) is 16.2. The summed E-state index contributed by atoms with van der Waals surface area (Å²) < 4.78 is 23.1. The van der Waals surface area contributed by atoms with Crippen molar-refractivity contribution < 1.29 is 38.0 Å². The summed E-state index contributed by atoms with van der Waals surface area (Å²) in [4.78, 5) is 25.2. The number of phosphoric ester groups is 1. The second kappa shape index (κ2) is 34.4. The number of nitrogens with zero attached hydrogens (tertiary/aromatic N) is 1. The first kappa shape index (κ1) is 50.9. The van der Waals surface area contributed by atoms with E-state index in [1.165, 1.54) is 51.4 Å². The number of aliphatic hydroxyl groups is 2. The fourth-order valence-electron chi connectivity index (χ4n) is 5.11. The van der Waals surface area contributed by atoms with Crippen molar-refractivity contribution >= 4 is 13.7 Å². The Kier molecular flexibility index (Phi) is 33.0. The van der Waals surface area contributed by atoms with Gasteiger partial charge in [-0.2, -0.15) is 0 Å². The fourth-order valence-corrected chi connectivity index (χ4v) is 5.83. The maximum Gasteiger partial charge on any atom is 0.268 e. The van der Waals surface area contributed by atoms with Crippen LogP contribution in [0.3, 0.4) is 0 Å². The molecule has 0 radical (unpaired) electrons. The predicted octanol–water partition coefficient (Wildman–Crippen LogP) is 9.19. The van der Waals surface area contributed by atoms with Gasteiger partial charge in [0.2, 0.25) is 5.91 Å². The molecule has 0 aliphatic heterocycles. The molecule has 306 valence electrons. The Balaban J connectivity index is 4.72. The lowest BCUT2D eigenvalue weighted by molar-refractivity contribution is -0.870. The van der Waals surface area contributed by atoms with E-state index in [0.29, 0.717) is 30.3 Å². The van der Waals surface area contributed by atoms with Gasteiger partial charge in [0.05, 0.1) is 46.0 Å². The van der Waals surface area contributed by atoms with Gasteiger partial charge in [-0.1, -0.05) is 132 Å². The third kappa shape index (κ3) is 36.6. The molecular formula is C43H77N2O7P. The standard InChI is InChI=1S/C43H77N2O7P/c1-6-8-10-12-14-16-17-18-19-21-23-27-31-35-42(47)41(39-52-53(49,50)51-38-37-45(3,4)5)44-43(48)36-32-28-24-26-30-34-40(46)33-29-25-22-20-15-13-11-9-7-2/h10,12,15,20,24-26,29-31,34-35,40-42,46-47H,6-9,11,13-14,16-19,21-23,27-28,32-33,36-39H2,1-5H3,(H-,44,48,49,50)/b12-10-,20-15-,26-24+,29-25-,34-30-,35-31+/t40?,41-,42+/m0/s1. The molecule has 53 heavy (non-hydrogen) atoms. The van der Waals surface area contributed by atoms with E-state index in [1.807, 2.05) is 45.4 Å². The highest BCUT2D eigenvalue weighted by molar-refractivity contribution is 7.45. The van der Waals surface area contributed by atoms with Gasteiger partial charge >= 0.3 is 0 Å². The molecule has 3 N–H and O–H groups in total. The number of hydrogen-bond acceptors (Lipinski definition) is 7. The summed E-state index contributed by atoms with van der Waals surface area (Å²) in [5, 5.41) is 23.8. The highest BCUT2D eigenvalue weighted by Gasteiger charge is 2.23. The Morgan fingerprint density at radius 2 is 1.32 bits per heavy atom. The normalized spacial score (nSPS) is 15.8. The van der Waals surface area contributed by atoms with Crippen LogP contribution in [-0.4, -0.2) is 79.8 Å². The molecule has 0 saturated carbocycles. The Labute approximate surface area is 324 Å². The summed E-state index contributed by atoms with van der Waals surface area (Å²) in [5.74, 6) is -0.305. The van der Waals surface area contributed by atoms with E-state index in [9.17, 15) is 24.5 Å². The fraction of sp³-hybridized carbons (Fsp3) is 0.698. The van der Waals surface area contributed by atoms with E-state index in [2.05, 4.69) is 49.5 Å². The van der Waals surface area contributed by atoms with E-state index in [-0.39, 0.29) is 18.9 Å². The number of hydrogen-bond donors (Lipinski definition) is 3. The third-order valence-electron chi connectivity index (χ3n) is 8.44. The van der Waals surface area contributed by atoms with Crippen molar-refractivity contribution in [3.05, 3.63) is 72.9 Å². The van der Waals surface area contributed by atoms with Gasteiger partial charge in [0.25, 0.3) is 7.82 Å². The summed E-state index contributed by atoms with van der Waals surface area (Å²) in [6, 6.07) is -0.953. The minimum Gasteiger partial charge on any atom is -0.756 e. The quantitative estimate of drug-likeness (QED) is 0.0193. The first-order valence-corrected chi connectivity index (χ1v) is 21.9. The Hall–Kier alpha value is -2.10. The van der Waals surface area contributed by atoms with Crippen LogP contribution in [0.1, 0.15) is 136 Å². The minimum atomic E-state index is -4.63. The van der Waals surface area contributed by atoms with E-state index in [0.717, 1.165) is 44.9 Å². The molecule has 0 aromatic rings. The summed E-state index contributed by atoms with van der Waals surface area (Å²) >= 11 is 0. The number of phosphoric acid groups is 1. The number of carbonyl (C=O) groups excluding carboxylic acids is 1. The van der Waals surface area contributed by atoms with Crippen molar-refractivity contribution in [2.75, 3.05) is 40.9 Å². The smallest absolute Gasteiger partial charge is 0.268 e. The lowest BCUT2D eigenvalue weighted by Gasteiger charge is -2.29. The largest absolute Gasteiger partial charge is 0.756 e. The molecule has 0 heterocycles. The molecule has 0 aliphatic rings. The summed E-state index contributed by atoms with van der Waals surface area (Å²) in [6.45, 7) is 4.40. The summed E-state index contributed by atoms with van der Waals surface area (Å²) in [6.07, 6.45) is 41.1. The zero-order valence-electron chi connectivity index (χ0n) is 34.0. The molecule has 4 atom stereocenters. The van der Waals surface area contributed by atoms with Crippen LogP contribution >= 0.6 is 7.82 Å². The lowest BCUT2D eigenvalue weighted by atomic mass is 10.1. The van der Waals surface area contributed by atoms with Gasteiger partial charge in [-0.3, -0.25) is 9.36 Å². The number of likely N-dealkylation sites (N-methyl/N-ethyl adjacent to an activating group) is 1. The number of rotatable bonds is 35. The summed E-state index contributed by atoms with van der Waals surface area (Å²) in [7, 11) is 1.15. The first-order valence-electron chi connectivity index (χ1n) is 20.4. The molecular weight excluding hydrogens is 687 g/mol. The average Bonchev–Trinajstić information content (AvgIpc) is 3.10. The number of carbonyl (C=O) groups is 1. The number of quaternary nitrogens is 1. The number of allylic oxidation sites excluding steroid dienone is 9. The molecule has 0 bridgehead atoms. The molecule has 0 fully saturated rings. The van der Waals surface area contributed by atoms with E-state index < -0.39 is 32.7 Å².